The van der Waals surface area contributed by atoms with E-state index in [2.05, 4.69) is 26.3 Å². The maximum absolute atomic E-state index is 5.54. The molecule has 0 unspecified atom stereocenters. The van der Waals surface area contributed by atoms with Crippen molar-refractivity contribution in [1.29, 1.82) is 0 Å². The largest absolute Gasteiger partial charge is 0.454 e. The highest BCUT2D eigenvalue weighted by Crippen LogP contribution is 2.35. The van der Waals surface area contributed by atoms with Crippen molar-refractivity contribution >= 4 is 5.82 Å². The molecule has 1 aromatic carbocycles. The molecule has 3 aromatic rings. The van der Waals surface area contributed by atoms with Gasteiger partial charge in [-0.3, -0.25) is 4.98 Å². The molecule has 0 saturated carbocycles. The molecule has 2 aromatic heterocycles. The number of benzene rings is 1. The van der Waals surface area contributed by atoms with Crippen molar-refractivity contribution in [2.45, 2.75) is 13.3 Å². The lowest BCUT2D eigenvalue weighted by atomic mass is 10.1. The normalized spacial score (nSPS) is 12.2. The fourth-order valence-corrected chi connectivity index (χ4v) is 2.74. The second-order valence-electron chi connectivity index (χ2n) is 5.80. The van der Waals surface area contributed by atoms with Crippen LogP contribution in [0.15, 0.2) is 48.9 Å². The van der Waals surface area contributed by atoms with Crippen LogP contribution in [-0.2, 0) is 6.42 Å². The Bertz CT molecular complexity index is 881. The summed E-state index contributed by atoms with van der Waals surface area (Å²) >= 11 is 0. The van der Waals surface area contributed by atoms with E-state index in [1.165, 1.54) is 0 Å². The Balaban J connectivity index is 1.43. The molecule has 6 heteroatoms. The van der Waals surface area contributed by atoms with Crippen LogP contribution in [0.25, 0.3) is 11.3 Å². The summed E-state index contributed by atoms with van der Waals surface area (Å²) in [4.78, 5) is 12.9. The molecular formula is C19H18N4O2. The molecule has 0 saturated heterocycles. The van der Waals surface area contributed by atoms with E-state index in [1.807, 2.05) is 43.5 Å². The third-order valence-corrected chi connectivity index (χ3v) is 4.05. The molecule has 1 N–H and O–H groups in total. The van der Waals surface area contributed by atoms with E-state index in [0.29, 0.717) is 6.79 Å². The monoisotopic (exact) mass is 334 g/mol. The Morgan fingerprint density at radius 2 is 2.04 bits per heavy atom. The van der Waals surface area contributed by atoms with Crippen LogP contribution in [0, 0.1) is 6.92 Å². The van der Waals surface area contributed by atoms with Crippen molar-refractivity contribution in [1.82, 2.24) is 15.0 Å². The number of hydrogen-bond donors (Lipinski definition) is 1. The van der Waals surface area contributed by atoms with Crippen LogP contribution in [0.4, 0.5) is 5.82 Å². The summed E-state index contributed by atoms with van der Waals surface area (Å²) in [6, 6.07) is 11.9. The Morgan fingerprint density at radius 3 is 2.92 bits per heavy atom. The van der Waals surface area contributed by atoms with Crippen LogP contribution in [0.1, 0.15) is 11.3 Å². The molecular weight excluding hydrogens is 316 g/mol. The predicted molar refractivity (Wildman–Crippen MR) is 94.8 cm³/mol. The third-order valence-electron chi connectivity index (χ3n) is 4.05. The second-order valence-corrected chi connectivity index (χ2v) is 5.80. The van der Waals surface area contributed by atoms with Crippen LogP contribution < -0.4 is 14.8 Å². The molecule has 25 heavy (non-hydrogen) atoms. The number of nitrogens with one attached hydrogen (secondary N) is 1. The van der Waals surface area contributed by atoms with Crippen molar-refractivity contribution < 1.29 is 9.47 Å². The number of aryl methyl sites for hydroxylation is 1. The van der Waals surface area contributed by atoms with E-state index >= 15 is 0 Å². The van der Waals surface area contributed by atoms with Crippen molar-refractivity contribution in [3.63, 3.8) is 0 Å². The summed E-state index contributed by atoms with van der Waals surface area (Å²) in [6.45, 7) is 2.99. The first-order valence-corrected chi connectivity index (χ1v) is 8.16. The van der Waals surface area contributed by atoms with Crippen LogP contribution in [0.5, 0.6) is 11.5 Å². The Kier molecular flexibility index (Phi) is 4.16. The number of fused-ring (bicyclic) bond motifs is 1. The lowest BCUT2D eigenvalue weighted by Gasteiger charge is -2.09. The van der Waals surface area contributed by atoms with Gasteiger partial charge in [0.2, 0.25) is 6.79 Å². The van der Waals surface area contributed by atoms with Gasteiger partial charge >= 0.3 is 0 Å². The number of para-hydroxylation sites is 1. The van der Waals surface area contributed by atoms with Gasteiger partial charge < -0.3 is 14.8 Å². The summed E-state index contributed by atoms with van der Waals surface area (Å²) in [6.07, 6.45) is 4.21. The van der Waals surface area contributed by atoms with Gasteiger partial charge in [0, 0.05) is 30.1 Å². The van der Waals surface area contributed by atoms with Gasteiger partial charge in [0.1, 0.15) is 12.1 Å². The van der Waals surface area contributed by atoms with Crippen molar-refractivity contribution in [2.24, 2.45) is 0 Å². The Morgan fingerprint density at radius 1 is 1.08 bits per heavy atom. The van der Waals surface area contributed by atoms with Crippen molar-refractivity contribution in [3.05, 3.63) is 60.2 Å². The van der Waals surface area contributed by atoms with E-state index < -0.39 is 0 Å². The summed E-state index contributed by atoms with van der Waals surface area (Å²) < 4.78 is 10.9. The highest BCUT2D eigenvalue weighted by molar-refractivity contribution is 5.61. The first kappa shape index (κ1) is 15.4. The second kappa shape index (κ2) is 6.76. The zero-order valence-corrected chi connectivity index (χ0v) is 13.9. The zero-order chi connectivity index (χ0) is 17.1. The smallest absolute Gasteiger partial charge is 0.231 e. The van der Waals surface area contributed by atoms with Gasteiger partial charge in [-0.05, 0) is 37.1 Å². The number of hydrogen-bond acceptors (Lipinski definition) is 6. The van der Waals surface area contributed by atoms with Gasteiger partial charge in [-0.25, -0.2) is 9.97 Å². The predicted octanol–water partition coefficient (Wildman–Crippen LogP) is 3.23. The quantitative estimate of drug-likeness (QED) is 0.772. The minimum atomic E-state index is 0.291. The molecule has 4 rings (SSSR count). The summed E-state index contributed by atoms with van der Waals surface area (Å²) in [5.41, 5.74) is 3.93. The van der Waals surface area contributed by atoms with E-state index in [0.717, 1.165) is 52.8 Å². The number of rotatable bonds is 5. The van der Waals surface area contributed by atoms with E-state index in [9.17, 15) is 0 Å². The SMILES string of the molecule is Cc1ccc(-c2cc(NCCc3cccc4c3OCO4)ncn2)cn1. The van der Waals surface area contributed by atoms with Crippen molar-refractivity contribution in [2.75, 3.05) is 18.7 Å². The van der Waals surface area contributed by atoms with Crippen LogP contribution in [-0.4, -0.2) is 28.3 Å². The standard InChI is InChI=1S/C19H18N4O2/c1-13-5-6-15(10-21-13)16-9-18(23-11-22-16)20-8-7-14-3-2-4-17-19(14)25-12-24-17/h2-6,9-11H,7-8,12H2,1H3,(H,20,22,23). The average molecular weight is 334 g/mol. The molecule has 0 aliphatic carbocycles. The molecule has 0 radical (unpaired) electrons. The lowest BCUT2D eigenvalue weighted by Crippen LogP contribution is -2.07. The molecule has 6 nitrogen and oxygen atoms in total. The molecule has 0 fully saturated rings. The molecule has 0 spiro atoms. The summed E-state index contributed by atoms with van der Waals surface area (Å²) in [5, 5.41) is 3.34. The minimum absolute atomic E-state index is 0.291. The first-order chi connectivity index (χ1) is 12.3. The van der Waals surface area contributed by atoms with Gasteiger partial charge in [0.15, 0.2) is 11.5 Å². The van der Waals surface area contributed by atoms with Gasteiger partial charge in [-0.1, -0.05) is 12.1 Å². The fourth-order valence-electron chi connectivity index (χ4n) is 2.74. The van der Waals surface area contributed by atoms with E-state index in [4.69, 9.17) is 9.47 Å². The number of aromatic nitrogens is 3. The number of ether oxygens (including phenoxy) is 2. The molecule has 126 valence electrons. The first-order valence-electron chi connectivity index (χ1n) is 8.16. The van der Waals surface area contributed by atoms with E-state index in [1.54, 1.807) is 6.33 Å². The highest BCUT2D eigenvalue weighted by atomic mass is 16.7. The van der Waals surface area contributed by atoms with E-state index in [-0.39, 0.29) is 0 Å². The Hall–Kier alpha value is -3.15. The summed E-state index contributed by atoms with van der Waals surface area (Å²) in [5.74, 6) is 2.45. The van der Waals surface area contributed by atoms with Gasteiger partial charge in [0.05, 0.1) is 5.69 Å². The van der Waals surface area contributed by atoms with Crippen LogP contribution >= 0.6 is 0 Å². The summed E-state index contributed by atoms with van der Waals surface area (Å²) in [7, 11) is 0. The topological polar surface area (TPSA) is 69.2 Å². The Labute approximate surface area is 145 Å². The maximum Gasteiger partial charge on any atom is 0.231 e. The third kappa shape index (κ3) is 3.38. The highest BCUT2D eigenvalue weighted by Gasteiger charge is 2.16. The van der Waals surface area contributed by atoms with Gasteiger partial charge in [0.25, 0.3) is 0 Å². The molecule has 1 aliphatic rings. The van der Waals surface area contributed by atoms with Gasteiger partial charge in [-0.15, -0.1) is 0 Å². The molecule has 3 heterocycles. The van der Waals surface area contributed by atoms with Gasteiger partial charge in [-0.2, -0.15) is 0 Å². The molecule has 1 aliphatic heterocycles. The molecule has 0 atom stereocenters. The fraction of sp³-hybridized carbons (Fsp3) is 0.211. The molecule has 0 amide bonds. The molecule has 0 bridgehead atoms. The zero-order valence-electron chi connectivity index (χ0n) is 13.9. The number of anilines is 1. The maximum atomic E-state index is 5.54. The average Bonchev–Trinajstić information content (AvgIpc) is 3.12. The van der Waals surface area contributed by atoms with Crippen LogP contribution in [0.3, 0.4) is 0 Å². The van der Waals surface area contributed by atoms with Crippen LogP contribution in [0.2, 0.25) is 0 Å². The lowest BCUT2D eigenvalue weighted by molar-refractivity contribution is 0.173. The number of pyridine rings is 1. The van der Waals surface area contributed by atoms with Crippen molar-refractivity contribution in [3.8, 4) is 22.8 Å². The minimum Gasteiger partial charge on any atom is -0.454 e. The number of nitrogens with zero attached hydrogens (tertiary/aromatic N) is 3.